The Balaban J connectivity index is 1.34. The summed E-state index contributed by atoms with van der Waals surface area (Å²) in [4.78, 5) is 176. The fourth-order valence-electron chi connectivity index (χ4n) is 11.9. The molecule has 0 spiro atoms. The van der Waals surface area contributed by atoms with E-state index in [1.165, 1.54) is 10.6 Å². The number of amides is 5. The van der Waals surface area contributed by atoms with Gasteiger partial charge >= 0.3 is 53.7 Å². The molecule has 1 aliphatic rings. The summed E-state index contributed by atoms with van der Waals surface area (Å²) in [5.74, 6) is -15.3. The number of ether oxygens (including phenoxy) is 6. The summed E-state index contributed by atoms with van der Waals surface area (Å²) in [6, 6.07) is 13.9. The first kappa shape index (κ1) is 97.1. The molecule has 636 valence electrons. The summed E-state index contributed by atoms with van der Waals surface area (Å²) in [6.45, 7) is -5.75. The number of carbonyl (C=O) groups excluding carboxylic acids is 5. The van der Waals surface area contributed by atoms with Gasteiger partial charge in [-0.3, -0.25) is 81.8 Å². The molecule has 3 aromatic rings. The van der Waals surface area contributed by atoms with E-state index in [-0.39, 0.29) is 181 Å². The first-order chi connectivity index (χ1) is 55.0. The first-order valence-corrected chi connectivity index (χ1v) is 38.1. The zero-order valence-corrected chi connectivity index (χ0v) is 65.1. The van der Waals surface area contributed by atoms with Gasteiger partial charge in [-0.1, -0.05) is 48.2 Å². The van der Waals surface area contributed by atoms with E-state index in [9.17, 15) is 113 Å². The molecule has 0 aliphatic carbocycles. The lowest BCUT2D eigenvalue weighted by Crippen LogP contribution is -2.59. The van der Waals surface area contributed by atoms with Gasteiger partial charge in [0.05, 0.1) is 141 Å². The summed E-state index contributed by atoms with van der Waals surface area (Å²) in [5.41, 5.74) is 1.56. The molecule has 0 fully saturated rings. The van der Waals surface area contributed by atoms with Crippen molar-refractivity contribution in [3.05, 3.63) is 83.5 Å². The number of carbonyl (C=O) groups is 14. The molecule has 1 aromatic heterocycles. The van der Waals surface area contributed by atoms with E-state index in [1.54, 1.807) is 11.8 Å². The van der Waals surface area contributed by atoms with Crippen molar-refractivity contribution in [2.45, 2.75) is 125 Å². The van der Waals surface area contributed by atoms with Crippen molar-refractivity contribution >= 4 is 118 Å². The average molecular weight is 1640 g/mol. The highest BCUT2D eigenvalue weighted by atomic mass is 32.2. The molecule has 3 atom stereocenters. The van der Waals surface area contributed by atoms with Gasteiger partial charge in [-0.25, -0.2) is 0 Å². The van der Waals surface area contributed by atoms with Crippen LogP contribution in [0.1, 0.15) is 95.5 Å². The number of aryl methyl sites for hydroxylation is 1. The second kappa shape index (κ2) is 54.5. The normalized spacial score (nSPS) is 13.6. The van der Waals surface area contributed by atoms with Gasteiger partial charge in [-0.2, -0.15) is 4.57 Å². The highest BCUT2D eigenvalue weighted by molar-refractivity contribution is 8.03. The lowest BCUT2D eigenvalue weighted by molar-refractivity contribution is -0.670. The Hall–Kier alpha value is -10.3. The SMILES string of the molecule is CN1/C(=C/C=C/c2cc[n+](CCC(=O)NCCOCCOCCOCCC(=O)NC(COCCC(=O)NCCCCC(C(=O)O)N(CC(=O)O)CC(=O)O)(COCCC(=O)NCCCCC(C(=O)O)N(CC(=O)O)CC(=O)O)COCCC(=O)NCCCCC(C(=O)O)N(CC(=O)O)CC(=O)O)c3ccccc23)Sc2ccccc21. The smallest absolute Gasteiger partial charge is 0.320 e. The average Bonchev–Trinajstić information content (AvgIpc) is 1.79. The number of benzene rings is 2. The van der Waals surface area contributed by atoms with E-state index in [0.29, 0.717) is 6.54 Å². The third-order valence-corrected chi connectivity index (χ3v) is 18.6. The minimum Gasteiger partial charge on any atom is -0.480 e. The van der Waals surface area contributed by atoms with Crippen LogP contribution in [-0.2, 0) is 102 Å². The van der Waals surface area contributed by atoms with Crippen LogP contribution in [0.5, 0.6) is 0 Å². The number of nitrogens with zero attached hydrogens (tertiary/aromatic N) is 5. The molecule has 2 aromatic carbocycles. The Labute approximate surface area is 667 Å². The number of nitrogens with one attached hydrogen (secondary N) is 5. The van der Waals surface area contributed by atoms with Crippen LogP contribution in [0.2, 0.25) is 0 Å². The Kier molecular flexibility index (Phi) is 46.0. The van der Waals surface area contributed by atoms with Crippen LogP contribution in [0, 0.1) is 0 Å². The van der Waals surface area contributed by atoms with Crippen molar-refractivity contribution in [2.75, 3.05) is 157 Å². The van der Waals surface area contributed by atoms with Crippen molar-refractivity contribution < 1.29 is 146 Å². The predicted molar refractivity (Wildman–Crippen MR) is 409 cm³/mol. The molecule has 4 rings (SSSR count). The van der Waals surface area contributed by atoms with Crippen LogP contribution < -0.4 is 36.1 Å². The zero-order valence-electron chi connectivity index (χ0n) is 64.2. The van der Waals surface area contributed by atoms with Crippen LogP contribution in [-0.4, -0.2) is 319 Å². The minimum atomic E-state index is -1.63. The van der Waals surface area contributed by atoms with Gasteiger partial charge in [0.1, 0.15) is 23.7 Å². The Morgan fingerprint density at radius 1 is 0.443 bits per heavy atom. The summed E-state index contributed by atoms with van der Waals surface area (Å²) < 4.78 is 37.0. The maximum absolute atomic E-state index is 13.9. The molecule has 1 aliphatic heterocycles. The van der Waals surface area contributed by atoms with Crippen molar-refractivity contribution in [2.24, 2.45) is 0 Å². The number of thioether (sulfide) groups is 1. The number of carboxylic acids is 9. The molecule has 40 heteroatoms. The largest absolute Gasteiger partial charge is 0.480 e. The number of hydrogen-bond acceptors (Lipinski definition) is 25. The number of unbranched alkanes of at least 4 members (excludes halogenated alkanes) is 3. The molecular formula is C75H107N10O29S+. The van der Waals surface area contributed by atoms with E-state index in [2.05, 4.69) is 61.8 Å². The van der Waals surface area contributed by atoms with Crippen LogP contribution >= 0.6 is 11.8 Å². The fraction of sp³-hybridized carbons (Fsp3) is 0.560. The van der Waals surface area contributed by atoms with E-state index in [4.69, 9.17) is 28.4 Å². The topological polar surface area (TPSA) is 553 Å². The van der Waals surface area contributed by atoms with E-state index in [1.807, 2.05) is 60.3 Å². The number of carboxylic acid groups (broad SMARTS) is 9. The first-order valence-electron chi connectivity index (χ1n) is 37.3. The lowest BCUT2D eigenvalue weighted by atomic mass is 10.0. The molecule has 2 heterocycles. The predicted octanol–water partition coefficient (Wildman–Crippen LogP) is 0.878. The standard InChI is InChI=1S/C75H106N10O29S/c1-81-55-16-4-5-20-59(55)115-65(81)21-12-13-52-22-32-82(54-15-3-2-14-53(52)54)33-23-60(86)79-31-38-110-40-42-111-41-39-109-34-27-64(90)80-75(49-112-35-24-61(87)76-28-9-6-17-56(72(103)104)83(43-66(91)92)44-67(93)94,50-113-36-25-62(88)77-29-10-7-18-57(73(105)106)84(45-68(95)96)46-69(97)98)51-114-37-26-63(89)78-30-11-8-19-58(74(107)108)85(47-70(99)100)48-71(101)102/h2-5,12-16,20-22,32,56-58H,6-11,17-19,23-31,33-51H2,1H3,(H13-,76,77,78,79,80,86,87,88,89,90,91,92,93,94,95,96,97,98,99,100,101,102,103,104,105,106,107,108)/p+1. The van der Waals surface area contributed by atoms with Gasteiger partial charge in [0, 0.05) is 75.9 Å². The molecule has 3 unspecified atom stereocenters. The summed E-state index contributed by atoms with van der Waals surface area (Å²) in [7, 11) is 2.05. The van der Waals surface area contributed by atoms with Gasteiger partial charge in [0.15, 0.2) is 12.7 Å². The number of aliphatic carboxylic acids is 9. The van der Waals surface area contributed by atoms with Crippen LogP contribution in [0.3, 0.4) is 0 Å². The molecule has 5 amide bonds. The highest BCUT2D eigenvalue weighted by Crippen LogP contribution is 2.44. The number of allylic oxidation sites excluding steroid dienone is 2. The molecule has 0 bridgehead atoms. The van der Waals surface area contributed by atoms with Gasteiger partial charge in [-0.05, 0) is 87.6 Å². The molecule has 0 saturated heterocycles. The fourth-order valence-corrected chi connectivity index (χ4v) is 13.0. The number of rotatable bonds is 66. The van der Waals surface area contributed by atoms with Gasteiger partial charge in [0.25, 0.3) is 0 Å². The van der Waals surface area contributed by atoms with E-state index >= 15 is 0 Å². The van der Waals surface area contributed by atoms with Gasteiger partial charge in [-0.15, -0.1) is 0 Å². The Morgan fingerprint density at radius 3 is 1.24 bits per heavy atom. The number of anilines is 1. The van der Waals surface area contributed by atoms with Crippen LogP contribution in [0.15, 0.2) is 82.9 Å². The van der Waals surface area contributed by atoms with Crippen LogP contribution in [0.25, 0.3) is 17.0 Å². The van der Waals surface area contributed by atoms with Crippen LogP contribution in [0.4, 0.5) is 5.69 Å². The number of para-hydroxylation sites is 2. The summed E-state index contributed by atoms with van der Waals surface area (Å²) in [5, 5.41) is 101. The second-order valence-corrected chi connectivity index (χ2v) is 27.6. The molecule has 115 heavy (non-hydrogen) atoms. The molecule has 0 radical (unpaired) electrons. The maximum Gasteiger partial charge on any atom is 0.320 e. The Bertz CT molecular complexity index is 3500. The second-order valence-electron chi connectivity index (χ2n) is 26.6. The zero-order chi connectivity index (χ0) is 84.5. The van der Waals surface area contributed by atoms with Crippen molar-refractivity contribution in [1.82, 2.24) is 41.3 Å². The number of aromatic nitrogens is 1. The van der Waals surface area contributed by atoms with Crippen molar-refractivity contribution in [1.29, 1.82) is 0 Å². The maximum atomic E-state index is 13.9. The third kappa shape index (κ3) is 40.0. The lowest BCUT2D eigenvalue weighted by Gasteiger charge is -2.34. The quantitative estimate of drug-likeness (QED) is 0.0275. The Morgan fingerprint density at radius 2 is 0.817 bits per heavy atom. The van der Waals surface area contributed by atoms with Crippen molar-refractivity contribution in [3.8, 4) is 0 Å². The van der Waals surface area contributed by atoms with E-state index < -0.39 is 160 Å². The van der Waals surface area contributed by atoms with Crippen molar-refractivity contribution in [3.63, 3.8) is 0 Å². The van der Waals surface area contributed by atoms with E-state index in [0.717, 1.165) is 36.2 Å². The summed E-state index contributed by atoms with van der Waals surface area (Å²) in [6.07, 6.45) is 7.98. The number of fused-ring (bicyclic) bond motifs is 2. The monoisotopic (exact) mass is 1640 g/mol. The molecule has 14 N–H and O–H groups in total. The highest BCUT2D eigenvalue weighted by Gasteiger charge is 2.36. The summed E-state index contributed by atoms with van der Waals surface area (Å²) >= 11 is 1.72. The van der Waals surface area contributed by atoms with Gasteiger partial charge in [0.2, 0.25) is 35.1 Å². The number of hydrogen-bond donors (Lipinski definition) is 14. The minimum absolute atomic E-state index is 0.0287. The molecular weight excluding hydrogens is 1540 g/mol. The number of pyridine rings is 1. The molecule has 0 saturated carbocycles. The van der Waals surface area contributed by atoms with Gasteiger partial charge < -0.3 is 106 Å². The molecule has 39 nitrogen and oxygen atoms in total. The third-order valence-electron chi connectivity index (χ3n) is 17.5.